The van der Waals surface area contributed by atoms with Gasteiger partial charge in [0.1, 0.15) is 17.1 Å². The molecule has 2 aromatic rings. The number of nitrogens with zero attached hydrogens (tertiary/aromatic N) is 2. The van der Waals surface area contributed by atoms with Crippen LogP contribution < -0.4 is 4.74 Å². The van der Waals surface area contributed by atoms with Crippen LogP contribution in [-0.4, -0.2) is 27.5 Å². The fourth-order valence-electron chi connectivity index (χ4n) is 1.68. The molecular formula is C13H13FN2O3. The van der Waals surface area contributed by atoms with Gasteiger partial charge in [-0.15, -0.1) is 0 Å². The van der Waals surface area contributed by atoms with Crippen molar-refractivity contribution in [1.29, 1.82) is 0 Å². The Labute approximate surface area is 109 Å². The van der Waals surface area contributed by atoms with Crippen LogP contribution in [0.15, 0.2) is 30.6 Å². The first-order chi connectivity index (χ1) is 9.06. The van der Waals surface area contributed by atoms with Crippen LogP contribution in [0.1, 0.15) is 15.9 Å². The third-order valence-electron chi connectivity index (χ3n) is 2.58. The molecular weight excluding hydrogens is 251 g/mol. The predicted octanol–water partition coefficient (Wildman–Crippen LogP) is 1.88. The fourth-order valence-corrected chi connectivity index (χ4v) is 1.68. The molecule has 1 aromatic heterocycles. The molecule has 1 aromatic carbocycles. The van der Waals surface area contributed by atoms with E-state index in [4.69, 9.17) is 9.84 Å². The molecule has 6 heteroatoms. The van der Waals surface area contributed by atoms with Gasteiger partial charge in [-0.05, 0) is 23.8 Å². The maximum atomic E-state index is 13.0. The van der Waals surface area contributed by atoms with E-state index in [-0.39, 0.29) is 11.3 Å². The van der Waals surface area contributed by atoms with E-state index >= 15 is 0 Å². The van der Waals surface area contributed by atoms with Gasteiger partial charge in [0.15, 0.2) is 0 Å². The van der Waals surface area contributed by atoms with Crippen LogP contribution in [0, 0.1) is 5.82 Å². The number of halogens is 1. The number of benzene rings is 1. The number of carbonyl (C=O) groups is 1. The monoisotopic (exact) mass is 264 g/mol. The Kier molecular flexibility index (Phi) is 3.79. The van der Waals surface area contributed by atoms with Gasteiger partial charge < -0.3 is 9.84 Å². The summed E-state index contributed by atoms with van der Waals surface area (Å²) in [4.78, 5) is 11.0. The van der Waals surface area contributed by atoms with Crippen molar-refractivity contribution in [3.05, 3.63) is 47.5 Å². The quantitative estimate of drug-likeness (QED) is 0.895. The lowest BCUT2D eigenvalue weighted by Crippen LogP contribution is -2.06. The molecule has 0 aliphatic heterocycles. The standard InChI is InChI=1S/C13H13FN2O3/c1-16-8-9(7-15-16)4-5-19-12-3-2-10(14)6-11(12)13(17)18/h2-3,6-8H,4-5H2,1H3,(H,17,18). The molecule has 2 rings (SSSR count). The van der Waals surface area contributed by atoms with Crippen molar-refractivity contribution in [2.75, 3.05) is 6.61 Å². The molecule has 0 amide bonds. The number of aryl methyl sites for hydroxylation is 1. The van der Waals surface area contributed by atoms with Gasteiger partial charge in [0.25, 0.3) is 0 Å². The average Bonchev–Trinajstić information content (AvgIpc) is 2.77. The number of hydrogen-bond donors (Lipinski definition) is 1. The number of hydrogen-bond acceptors (Lipinski definition) is 3. The maximum absolute atomic E-state index is 13.0. The van der Waals surface area contributed by atoms with Gasteiger partial charge in [0.05, 0.1) is 12.8 Å². The van der Waals surface area contributed by atoms with E-state index in [1.807, 2.05) is 13.2 Å². The number of ether oxygens (including phenoxy) is 1. The van der Waals surface area contributed by atoms with Crippen LogP contribution in [0.25, 0.3) is 0 Å². The topological polar surface area (TPSA) is 64.3 Å². The summed E-state index contributed by atoms with van der Waals surface area (Å²) < 4.78 is 20.0. The summed E-state index contributed by atoms with van der Waals surface area (Å²) in [6, 6.07) is 3.44. The largest absolute Gasteiger partial charge is 0.492 e. The van der Waals surface area contributed by atoms with Gasteiger partial charge in [-0.2, -0.15) is 5.10 Å². The highest BCUT2D eigenvalue weighted by Gasteiger charge is 2.12. The first-order valence-corrected chi connectivity index (χ1v) is 5.69. The molecule has 19 heavy (non-hydrogen) atoms. The Bertz CT molecular complexity index is 595. The van der Waals surface area contributed by atoms with E-state index in [0.29, 0.717) is 13.0 Å². The molecule has 100 valence electrons. The summed E-state index contributed by atoms with van der Waals surface area (Å²) in [5, 5.41) is 13.0. The second kappa shape index (κ2) is 5.51. The number of aromatic carboxylic acids is 1. The van der Waals surface area contributed by atoms with Gasteiger partial charge in [-0.1, -0.05) is 0 Å². The second-order valence-electron chi connectivity index (χ2n) is 4.07. The summed E-state index contributed by atoms with van der Waals surface area (Å²) in [5.74, 6) is -1.65. The van der Waals surface area contributed by atoms with Crippen molar-refractivity contribution in [3.8, 4) is 5.75 Å². The van der Waals surface area contributed by atoms with Crippen molar-refractivity contribution < 1.29 is 19.0 Å². The molecule has 0 atom stereocenters. The lowest BCUT2D eigenvalue weighted by atomic mass is 10.2. The molecule has 0 aliphatic rings. The molecule has 0 bridgehead atoms. The van der Waals surface area contributed by atoms with Crippen LogP contribution in [0.3, 0.4) is 0 Å². The molecule has 0 unspecified atom stereocenters. The SMILES string of the molecule is Cn1cc(CCOc2ccc(F)cc2C(=O)O)cn1. The van der Waals surface area contributed by atoms with E-state index in [2.05, 4.69) is 5.10 Å². The van der Waals surface area contributed by atoms with E-state index in [1.165, 1.54) is 12.1 Å². The molecule has 1 heterocycles. The minimum atomic E-state index is -1.21. The van der Waals surface area contributed by atoms with Gasteiger partial charge in [-0.3, -0.25) is 4.68 Å². The highest BCUT2D eigenvalue weighted by Crippen LogP contribution is 2.20. The fraction of sp³-hybridized carbons (Fsp3) is 0.231. The van der Waals surface area contributed by atoms with Crippen LogP contribution >= 0.6 is 0 Å². The Balaban J connectivity index is 2.01. The predicted molar refractivity (Wildman–Crippen MR) is 65.8 cm³/mol. The molecule has 0 saturated carbocycles. The van der Waals surface area contributed by atoms with Crippen LogP contribution in [-0.2, 0) is 13.5 Å². The van der Waals surface area contributed by atoms with E-state index in [1.54, 1.807) is 10.9 Å². The molecule has 0 spiro atoms. The third-order valence-corrected chi connectivity index (χ3v) is 2.58. The Hall–Kier alpha value is -2.37. The van der Waals surface area contributed by atoms with Crippen LogP contribution in [0.4, 0.5) is 4.39 Å². The summed E-state index contributed by atoms with van der Waals surface area (Å²) >= 11 is 0. The second-order valence-corrected chi connectivity index (χ2v) is 4.07. The lowest BCUT2D eigenvalue weighted by molar-refractivity contribution is 0.0691. The van der Waals surface area contributed by atoms with Gasteiger partial charge in [0.2, 0.25) is 0 Å². The number of aromatic nitrogens is 2. The number of rotatable bonds is 5. The van der Waals surface area contributed by atoms with Crippen LogP contribution in [0.5, 0.6) is 5.75 Å². The molecule has 1 N–H and O–H groups in total. The lowest BCUT2D eigenvalue weighted by Gasteiger charge is -2.08. The molecule has 0 saturated heterocycles. The minimum Gasteiger partial charge on any atom is -0.492 e. The van der Waals surface area contributed by atoms with Crippen molar-refractivity contribution >= 4 is 5.97 Å². The first kappa shape index (κ1) is 13.1. The molecule has 0 radical (unpaired) electrons. The molecule has 0 fully saturated rings. The number of carboxylic acid groups (broad SMARTS) is 1. The van der Waals surface area contributed by atoms with Gasteiger partial charge in [0, 0.05) is 19.7 Å². The summed E-state index contributed by atoms with van der Waals surface area (Å²) in [6.45, 7) is 0.303. The maximum Gasteiger partial charge on any atom is 0.339 e. The zero-order chi connectivity index (χ0) is 13.8. The van der Waals surface area contributed by atoms with E-state index < -0.39 is 11.8 Å². The molecule has 5 nitrogen and oxygen atoms in total. The third kappa shape index (κ3) is 3.31. The van der Waals surface area contributed by atoms with Crippen molar-refractivity contribution in [1.82, 2.24) is 9.78 Å². The molecule has 0 aliphatic carbocycles. The Morgan fingerprint density at radius 3 is 2.95 bits per heavy atom. The average molecular weight is 264 g/mol. The Morgan fingerprint density at radius 1 is 1.53 bits per heavy atom. The van der Waals surface area contributed by atoms with Crippen LogP contribution in [0.2, 0.25) is 0 Å². The highest BCUT2D eigenvalue weighted by molar-refractivity contribution is 5.90. The van der Waals surface area contributed by atoms with Crippen molar-refractivity contribution in [2.45, 2.75) is 6.42 Å². The Morgan fingerprint density at radius 2 is 2.32 bits per heavy atom. The number of carboxylic acids is 1. The zero-order valence-electron chi connectivity index (χ0n) is 10.3. The van der Waals surface area contributed by atoms with Crippen molar-refractivity contribution in [3.63, 3.8) is 0 Å². The summed E-state index contributed by atoms with van der Waals surface area (Å²) in [7, 11) is 1.81. The van der Waals surface area contributed by atoms with Gasteiger partial charge >= 0.3 is 5.97 Å². The van der Waals surface area contributed by atoms with E-state index in [9.17, 15) is 9.18 Å². The summed E-state index contributed by atoms with van der Waals surface area (Å²) in [5.41, 5.74) is 0.813. The zero-order valence-corrected chi connectivity index (χ0v) is 10.3. The summed E-state index contributed by atoms with van der Waals surface area (Å²) in [6.07, 6.45) is 4.17. The minimum absolute atomic E-state index is 0.165. The smallest absolute Gasteiger partial charge is 0.339 e. The van der Waals surface area contributed by atoms with Crippen molar-refractivity contribution in [2.24, 2.45) is 7.05 Å². The normalized spacial score (nSPS) is 10.4. The highest BCUT2D eigenvalue weighted by atomic mass is 19.1. The van der Waals surface area contributed by atoms with E-state index in [0.717, 1.165) is 11.6 Å². The first-order valence-electron chi connectivity index (χ1n) is 5.69. The van der Waals surface area contributed by atoms with Gasteiger partial charge in [-0.25, -0.2) is 9.18 Å².